The van der Waals surface area contributed by atoms with Crippen molar-refractivity contribution in [1.29, 1.82) is 0 Å². The van der Waals surface area contributed by atoms with Crippen LogP contribution in [0.25, 0.3) is 0 Å². The molecule has 0 fully saturated rings. The lowest BCUT2D eigenvalue weighted by atomic mass is 10.2. The zero-order chi connectivity index (χ0) is 17.0. The molecule has 1 aromatic carbocycles. The third-order valence-electron chi connectivity index (χ3n) is 2.83. The van der Waals surface area contributed by atoms with Crippen LogP contribution < -0.4 is 5.32 Å². The number of hydrogen-bond donors (Lipinski definition) is 1. The molecule has 1 heterocycles. The van der Waals surface area contributed by atoms with Crippen molar-refractivity contribution in [2.45, 2.75) is 18.4 Å². The fraction of sp³-hybridized carbons (Fsp3) is 0.286. The molecule has 0 radical (unpaired) electrons. The maximum Gasteiger partial charge on any atom is 0.360 e. The van der Waals surface area contributed by atoms with Crippen molar-refractivity contribution in [2.75, 3.05) is 18.2 Å². The molecular weight excluding hydrogens is 344 g/mol. The number of esters is 1. The molecule has 0 aliphatic carbocycles. The average molecular weight is 359 g/mol. The Kier molecular flexibility index (Phi) is 5.27. The van der Waals surface area contributed by atoms with E-state index in [1.165, 1.54) is 12.3 Å². The van der Waals surface area contributed by atoms with Crippen LogP contribution in [-0.4, -0.2) is 32.2 Å². The maximum atomic E-state index is 11.5. The Labute approximate surface area is 138 Å². The minimum atomic E-state index is -3.36. The Hall–Kier alpha value is -2.06. The van der Waals surface area contributed by atoms with Gasteiger partial charge in [-0.3, -0.25) is 0 Å². The van der Waals surface area contributed by atoms with Crippen LogP contribution in [0.1, 0.15) is 23.0 Å². The molecule has 2 aromatic rings. The van der Waals surface area contributed by atoms with Crippen molar-refractivity contribution < 1.29 is 22.4 Å². The molecule has 0 saturated heterocycles. The highest BCUT2D eigenvalue weighted by Gasteiger charge is 2.14. The topological polar surface area (TPSA) is 98.5 Å². The highest BCUT2D eigenvalue weighted by atomic mass is 35.5. The first-order valence-corrected chi connectivity index (χ1v) is 8.93. The second-order valence-electron chi connectivity index (χ2n) is 4.65. The fourth-order valence-corrected chi connectivity index (χ4v) is 3.14. The molecule has 23 heavy (non-hydrogen) atoms. The highest BCUT2D eigenvalue weighted by molar-refractivity contribution is 7.90. The quantitative estimate of drug-likeness (QED) is 0.792. The molecule has 1 aromatic heterocycles. The molecule has 0 aliphatic heterocycles. The number of aromatic nitrogens is 1. The van der Waals surface area contributed by atoms with Gasteiger partial charge < -0.3 is 14.5 Å². The van der Waals surface area contributed by atoms with E-state index in [2.05, 4.69) is 10.3 Å². The van der Waals surface area contributed by atoms with Crippen molar-refractivity contribution in [3.8, 4) is 0 Å². The minimum Gasteiger partial charge on any atom is -0.461 e. The third-order valence-corrected chi connectivity index (χ3v) is 4.41. The van der Waals surface area contributed by atoms with Gasteiger partial charge in [-0.2, -0.15) is 4.98 Å². The predicted molar refractivity (Wildman–Crippen MR) is 84.3 cm³/mol. The van der Waals surface area contributed by atoms with Gasteiger partial charge in [0.25, 0.3) is 6.01 Å². The molecule has 0 saturated carbocycles. The number of carbonyl (C=O) groups excluding carboxylic acids is 1. The van der Waals surface area contributed by atoms with E-state index < -0.39 is 15.8 Å². The number of carbonyl (C=O) groups is 1. The number of nitrogens with one attached hydrogen (secondary N) is 1. The first kappa shape index (κ1) is 17.3. The number of rotatable bonds is 6. The number of nitrogens with zero attached hydrogens (tertiary/aromatic N) is 1. The Morgan fingerprint density at radius 1 is 1.43 bits per heavy atom. The van der Waals surface area contributed by atoms with E-state index in [1.807, 2.05) is 0 Å². The lowest BCUT2D eigenvalue weighted by Crippen LogP contribution is -2.06. The largest absolute Gasteiger partial charge is 0.461 e. The maximum absolute atomic E-state index is 11.5. The summed E-state index contributed by atoms with van der Waals surface area (Å²) in [4.78, 5) is 15.5. The molecule has 0 bridgehead atoms. The predicted octanol–water partition coefficient (Wildman–Crippen LogP) is 2.52. The molecule has 0 spiro atoms. The van der Waals surface area contributed by atoms with Gasteiger partial charge in [0.15, 0.2) is 15.5 Å². The second kappa shape index (κ2) is 7.01. The smallest absolute Gasteiger partial charge is 0.360 e. The summed E-state index contributed by atoms with van der Waals surface area (Å²) in [5, 5.41) is 3.01. The van der Waals surface area contributed by atoms with Crippen LogP contribution in [0.2, 0.25) is 5.02 Å². The van der Waals surface area contributed by atoms with Crippen molar-refractivity contribution in [3.05, 3.63) is 40.7 Å². The van der Waals surface area contributed by atoms with Gasteiger partial charge in [-0.15, -0.1) is 0 Å². The number of ether oxygens (including phenoxy) is 1. The number of sulfone groups is 1. The lowest BCUT2D eigenvalue weighted by molar-refractivity contribution is 0.0519. The van der Waals surface area contributed by atoms with E-state index in [4.69, 9.17) is 20.8 Å². The van der Waals surface area contributed by atoms with Crippen molar-refractivity contribution in [1.82, 2.24) is 4.98 Å². The van der Waals surface area contributed by atoms with Gasteiger partial charge in [-0.25, -0.2) is 13.2 Å². The van der Waals surface area contributed by atoms with Crippen LogP contribution in [0.4, 0.5) is 6.01 Å². The van der Waals surface area contributed by atoms with Gasteiger partial charge in [0, 0.05) is 12.8 Å². The SMILES string of the molecule is CCOC(=O)c1coc(NCc2ccc(S(C)(=O)=O)c(Cl)c2)n1. The van der Waals surface area contributed by atoms with Crippen LogP contribution in [-0.2, 0) is 21.1 Å². The molecule has 0 atom stereocenters. The molecule has 7 nitrogen and oxygen atoms in total. The summed E-state index contributed by atoms with van der Waals surface area (Å²) in [6.45, 7) is 2.24. The summed E-state index contributed by atoms with van der Waals surface area (Å²) in [5.74, 6) is -0.565. The number of anilines is 1. The third kappa shape index (κ3) is 4.46. The van der Waals surface area contributed by atoms with Gasteiger partial charge >= 0.3 is 5.97 Å². The molecular formula is C14H15ClN2O5S. The number of hydrogen-bond acceptors (Lipinski definition) is 7. The first-order chi connectivity index (χ1) is 10.8. The monoisotopic (exact) mass is 358 g/mol. The highest BCUT2D eigenvalue weighted by Crippen LogP contribution is 2.23. The Morgan fingerprint density at radius 2 is 2.17 bits per heavy atom. The molecule has 124 valence electrons. The van der Waals surface area contributed by atoms with Gasteiger partial charge in [-0.05, 0) is 24.6 Å². The summed E-state index contributed by atoms with van der Waals surface area (Å²) in [7, 11) is -3.36. The van der Waals surface area contributed by atoms with Gasteiger partial charge in [0.2, 0.25) is 0 Å². The zero-order valence-electron chi connectivity index (χ0n) is 12.5. The summed E-state index contributed by atoms with van der Waals surface area (Å²) in [6.07, 6.45) is 2.29. The summed E-state index contributed by atoms with van der Waals surface area (Å²) in [6, 6.07) is 4.76. The van der Waals surface area contributed by atoms with Crippen molar-refractivity contribution in [2.24, 2.45) is 0 Å². The Balaban J connectivity index is 2.04. The van der Waals surface area contributed by atoms with E-state index in [9.17, 15) is 13.2 Å². The van der Waals surface area contributed by atoms with E-state index in [1.54, 1.807) is 19.1 Å². The van der Waals surface area contributed by atoms with Crippen molar-refractivity contribution in [3.63, 3.8) is 0 Å². The molecule has 1 N–H and O–H groups in total. The summed E-state index contributed by atoms with van der Waals surface area (Å²) >= 11 is 5.97. The lowest BCUT2D eigenvalue weighted by Gasteiger charge is -2.06. The second-order valence-corrected chi connectivity index (χ2v) is 7.04. The fourth-order valence-electron chi connectivity index (χ4n) is 1.79. The first-order valence-electron chi connectivity index (χ1n) is 6.66. The van der Waals surface area contributed by atoms with E-state index in [0.717, 1.165) is 11.8 Å². The normalized spacial score (nSPS) is 11.3. The molecule has 2 rings (SSSR count). The van der Waals surface area contributed by atoms with Crippen LogP contribution in [0.15, 0.2) is 33.8 Å². The van der Waals surface area contributed by atoms with Crippen LogP contribution in [0.5, 0.6) is 0 Å². The number of oxazole rings is 1. The number of halogens is 1. The van der Waals surface area contributed by atoms with Gasteiger partial charge in [0.05, 0.1) is 16.5 Å². The molecule has 0 aliphatic rings. The standard InChI is InChI=1S/C14H15ClN2O5S/c1-3-21-13(18)11-8-22-14(17-11)16-7-9-4-5-12(10(15)6-9)23(2,19)20/h4-6,8H,3,7H2,1-2H3,(H,16,17). The Bertz CT molecular complexity index is 816. The number of benzene rings is 1. The van der Waals surface area contributed by atoms with Gasteiger partial charge in [0.1, 0.15) is 6.26 Å². The summed E-state index contributed by atoms with van der Waals surface area (Å²) in [5.41, 5.74) is 0.804. The summed E-state index contributed by atoms with van der Waals surface area (Å²) < 4.78 is 32.9. The van der Waals surface area contributed by atoms with E-state index in [0.29, 0.717) is 6.54 Å². The molecule has 0 unspecified atom stereocenters. The average Bonchev–Trinajstić information content (AvgIpc) is 2.93. The van der Waals surface area contributed by atoms with Crippen LogP contribution in [0.3, 0.4) is 0 Å². The van der Waals surface area contributed by atoms with Crippen LogP contribution >= 0.6 is 11.6 Å². The van der Waals surface area contributed by atoms with Crippen LogP contribution in [0, 0.1) is 0 Å². The Morgan fingerprint density at radius 3 is 2.78 bits per heavy atom. The zero-order valence-corrected chi connectivity index (χ0v) is 14.1. The van der Waals surface area contributed by atoms with E-state index >= 15 is 0 Å². The molecule has 0 amide bonds. The van der Waals surface area contributed by atoms with Crippen molar-refractivity contribution >= 4 is 33.4 Å². The van der Waals surface area contributed by atoms with Gasteiger partial charge in [-0.1, -0.05) is 17.7 Å². The molecule has 9 heteroatoms. The minimum absolute atomic E-state index is 0.0693. The van der Waals surface area contributed by atoms with E-state index in [-0.39, 0.29) is 28.2 Å².